The van der Waals surface area contributed by atoms with Crippen molar-refractivity contribution in [3.8, 4) is 5.75 Å². The number of hydrogen-bond donors (Lipinski definition) is 2. The average Bonchev–Trinajstić information content (AvgIpc) is 2.46. The van der Waals surface area contributed by atoms with E-state index in [1.54, 1.807) is 12.1 Å². The highest BCUT2D eigenvalue weighted by Crippen LogP contribution is 2.31. The molecule has 0 bridgehead atoms. The Labute approximate surface area is 120 Å². The van der Waals surface area contributed by atoms with Crippen LogP contribution >= 0.6 is 11.6 Å². The Hall–Kier alpha value is -2.34. The van der Waals surface area contributed by atoms with E-state index in [-0.39, 0.29) is 11.1 Å². The molecule has 0 fully saturated rings. The monoisotopic (exact) mass is 290 g/mol. The number of carbonyl (C=O) groups is 1. The van der Waals surface area contributed by atoms with E-state index in [1.165, 1.54) is 12.4 Å². The molecule has 2 N–H and O–H groups in total. The molecule has 102 valence electrons. The lowest BCUT2D eigenvalue weighted by atomic mass is 10.1. The fourth-order valence-corrected chi connectivity index (χ4v) is 2.08. The third-order valence-corrected chi connectivity index (χ3v) is 3.01. The Balaban J connectivity index is 1.88. The van der Waals surface area contributed by atoms with Gasteiger partial charge in [0.1, 0.15) is 23.9 Å². The fourth-order valence-electron chi connectivity index (χ4n) is 1.93. The van der Waals surface area contributed by atoms with Crippen molar-refractivity contribution in [2.45, 2.75) is 0 Å². The summed E-state index contributed by atoms with van der Waals surface area (Å²) in [4.78, 5) is 20.0. The van der Waals surface area contributed by atoms with Crippen LogP contribution in [-0.2, 0) is 0 Å². The Morgan fingerprint density at radius 2 is 2.30 bits per heavy atom. The molecular weight excluding hydrogens is 280 g/mol. The summed E-state index contributed by atoms with van der Waals surface area (Å²) in [6.07, 6.45) is 1.29. The first-order chi connectivity index (χ1) is 9.74. The second kappa shape index (κ2) is 5.34. The van der Waals surface area contributed by atoms with Crippen molar-refractivity contribution in [2.24, 2.45) is 0 Å². The molecule has 2 aromatic rings. The number of nitrogens with one attached hydrogen (secondary N) is 2. The molecule has 7 heteroatoms. The normalized spacial score (nSPS) is 12.8. The first kappa shape index (κ1) is 12.7. The quantitative estimate of drug-likeness (QED) is 0.829. The molecule has 1 amide bonds. The maximum Gasteiger partial charge on any atom is 0.260 e. The molecule has 0 saturated heterocycles. The summed E-state index contributed by atoms with van der Waals surface area (Å²) in [7, 11) is 0. The summed E-state index contributed by atoms with van der Waals surface area (Å²) in [5.41, 5.74) is 1.26. The third kappa shape index (κ3) is 2.50. The van der Waals surface area contributed by atoms with E-state index < -0.39 is 0 Å². The van der Waals surface area contributed by atoms with Crippen LogP contribution in [0.2, 0.25) is 5.15 Å². The average molecular weight is 291 g/mol. The first-order valence-corrected chi connectivity index (χ1v) is 6.40. The molecule has 1 aliphatic rings. The minimum atomic E-state index is -0.305. The molecule has 1 aromatic heterocycles. The summed E-state index contributed by atoms with van der Waals surface area (Å²) in [5, 5.41) is 6.11. The molecular formula is C13H11ClN4O2. The number of ether oxygens (including phenoxy) is 1. The van der Waals surface area contributed by atoms with Gasteiger partial charge in [0.05, 0.1) is 11.3 Å². The number of amides is 1. The van der Waals surface area contributed by atoms with Crippen molar-refractivity contribution in [1.29, 1.82) is 0 Å². The van der Waals surface area contributed by atoms with Gasteiger partial charge in [0.2, 0.25) is 0 Å². The molecule has 0 spiro atoms. The highest BCUT2D eigenvalue weighted by molar-refractivity contribution is 6.29. The predicted octanol–water partition coefficient (Wildman–Crippen LogP) is 2.19. The largest absolute Gasteiger partial charge is 0.489 e. The number of fused-ring (bicyclic) bond motifs is 1. The van der Waals surface area contributed by atoms with E-state index in [0.717, 1.165) is 12.2 Å². The fraction of sp³-hybridized carbons (Fsp3) is 0.154. The van der Waals surface area contributed by atoms with Crippen molar-refractivity contribution >= 4 is 29.0 Å². The highest BCUT2D eigenvalue weighted by Gasteiger charge is 2.19. The Morgan fingerprint density at radius 1 is 1.40 bits per heavy atom. The van der Waals surface area contributed by atoms with E-state index >= 15 is 0 Å². The molecule has 1 aliphatic heterocycles. The number of hydrogen-bond acceptors (Lipinski definition) is 5. The molecule has 2 heterocycles. The van der Waals surface area contributed by atoms with Crippen LogP contribution in [0.4, 0.5) is 11.5 Å². The van der Waals surface area contributed by atoms with Crippen LogP contribution in [0.5, 0.6) is 5.75 Å². The zero-order valence-corrected chi connectivity index (χ0v) is 11.1. The van der Waals surface area contributed by atoms with Gasteiger partial charge in [0, 0.05) is 12.6 Å². The first-order valence-electron chi connectivity index (χ1n) is 6.02. The van der Waals surface area contributed by atoms with Gasteiger partial charge in [-0.15, -0.1) is 0 Å². The van der Waals surface area contributed by atoms with Crippen molar-refractivity contribution in [1.82, 2.24) is 9.97 Å². The van der Waals surface area contributed by atoms with Gasteiger partial charge in [-0.05, 0) is 12.1 Å². The number of rotatable bonds is 2. The number of nitrogens with zero attached hydrogens (tertiary/aromatic N) is 2. The Bertz CT molecular complexity index is 663. The van der Waals surface area contributed by atoms with Crippen LogP contribution in [-0.4, -0.2) is 29.0 Å². The van der Waals surface area contributed by atoms with Crippen LogP contribution in [0.3, 0.4) is 0 Å². The van der Waals surface area contributed by atoms with Gasteiger partial charge in [0.15, 0.2) is 5.75 Å². The molecule has 0 unspecified atom stereocenters. The van der Waals surface area contributed by atoms with Gasteiger partial charge in [-0.25, -0.2) is 9.97 Å². The summed E-state index contributed by atoms with van der Waals surface area (Å²) < 4.78 is 5.56. The second-order valence-electron chi connectivity index (χ2n) is 4.14. The van der Waals surface area contributed by atoms with Gasteiger partial charge in [-0.3, -0.25) is 4.79 Å². The van der Waals surface area contributed by atoms with Crippen LogP contribution in [0.1, 0.15) is 10.4 Å². The second-order valence-corrected chi connectivity index (χ2v) is 4.52. The van der Waals surface area contributed by atoms with Gasteiger partial charge in [-0.2, -0.15) is 0 Å². The summed E-state index contributed by atoms with van der Waals surface area (Å²) in [6.45, 7) is 1.25. The molecule has 0 saturated carbocycles. The molecule has 1 aromatic carbocycles. The molecule has 20 heavy (non-hydrogen) atoms. The number of anilines is 2. The summed E-state index contributed by atoms with van der Waals surface area (Å²) in [5.74, 6) is 0.591. The lowest BCUT2D eigenvalue weighted by Crippen LogP contribution is -2.22. The zero-order valence-electron chi connectivity index (χ0n) is 10.4. The zero-order chi connectivity index (χ0) is 13.9. The molecule has 0 aliphatic carbocycles. The minimum absolute atomic E-state index is 0.267. The van der Waals surface area contributed by atoms with E-state index in [9.17, 15) is 4.79 Å². The van der Waals surface area contributed by atoms with Crippen molar-refractivity contribution < 1.29 is 9.53 Å². The Morgan fingerprint density at radius 3 is 3.15 bits per heavy atom. The lowest BCUT2D eigenvalue weighted by molar-refractivity contribution is 0.102. The molecule has 6 nitrogen and oxygen atoms in total. The number of aromatic nitrogens is 2. The van der Waals surface area contributed by atoms with E-state index in [2.05, 4.69) is 20.6 Å². The van der Waals surface area contributed by atoms with Crippen molar-refractivity contribution in [3.63, 3.8) is 0 Å². The summed E-state index contributed by atoms with van der Waals surface area (Å²) >= 11 is 5.75. The smallest absolute Gasteiger partial charge is 0.260 e. The van der Waals surface area contributed by atoms with Crippen LogP contribution in [0.25, 0.3) is 0 Å². The van der Waals surface area contributed by atoms with Gasteiger partial charge >= 0.3 is 0 Å². The number of para-hydroxylation sites is 1. The van der Waals surface area contributed by atoms with Crippen molar-refractivity contribution in [2.75, 3.05) is 23.8 Å². The standard InChI is InChI=1S/C13H11ClN4O2/c14-10-6-11(17-7-16-10)18-13(19)8-2-1-3-9-12(8)20-5-4-15-9/h1-3,6-7,15H,4-5H2,(H,16,17,18,19). The SMILES string of the molecule is O=C(Nc1cc(Cl)ncn1)c1cccc2c1OCCN2. The lowest BCUT2D eigenvalue weighted by Gasteiger charge is -2.21. The highest BCUT2D eigenvalue weighted by atomic mass is 35.5. The maximum atomic E-state index is 12.3. The third-order valence-electron chi connectivity index (χ3n) is 2.80. The topological polar surface area (TPSA) is 76.1 Å². The number of carbonyl (C=O) groups excluding carboxylic acids is 1. The molecule has 0 atom stereocenters. The van der Waals surface area contributed by atoms with Gasteiger partial charge in [-0.1, -0.05) is 17.7 Å². The molecule has 3 rings (SSSR count). The number of halogens is 1. The predicted molar refractivity (Wildman–Crippen MR) is 75.4 cm³/mol. The summed E-state index contributed by atoms with van der Waals surface area (Å²) in [6, 6.07) is 6.84. The van der Waals surface area contributed by atoms with E-state index in [1.807, 2.05) is 6.07 Å². The van der Waals surface area contributed by atoms with Crippen LogP contribution < -0.4 is 15.4 Å². The molecule has 0 radical (unpaired) electrons. The maximum absolute atomic E-state index is 12.3. The van der Waals surface area contributed by atoms with Crippen LogP contribution in [0.15, 0.2) is 30.6 Å². The van der Waals surface area contributed by atoms with E-state index in [0.29, 0.717) is 23.7 Å². The van der Waals surface area contributed by atoms with Gasteiger partial charge < -0.3 is 15.4 Å². The minimum Gasteiger partial charge on any atom is -0.489 e. The number of benzene rings is 1. The Kier molecular flexibility index (Phi) is 3.39. The van der Waals surface area contributed by atoms with Gasteiger partial charge in [0.25, 0.3) is 5.91 Å². The van der Waals surface area contributed by atoms with Crippen LogP contribution in [0, 0.1) is 0 Å². The van der Waals surface area contributed by atoms with E-state index in [4.69, 9.17) is 16.3 Å². The van der Waals surface area contributed by atoms with Crippen molar-refractivity contribution in [3.05, 3.63) is 41.3 Å².